The van der Waals surface area contributed by atoms with Gasteiger partial charge in [0.15, 0.2) is 0 Å². The van der Waals surface area contributed by atoms with Gasteiger partial charge in [-0.1, -0.05) is 0 Å². The van der Waals surface area contributed by atoms with Crippen LogP contribution in [0.5, 0.6) is 0 Å². The molecule has 2 atom stereocenters. The van der Waals surface area contributed by atoms with Crippen molar-refractivity contribution in [1.82, 2.24) is 5.32 Å². The van der Waals surface area contributed by atoms with E-state index in [1.165, 1.54) is 11.8 Å². The molecule has 1 rings (SSSR count). The summed E-state index contributed by atoms with van der Waals surface area (Å²) in [6.45, 7) is 1.22. The van der Waals surface area contributed by atoms with E-state index in [1.54, 1.807) is 6.92 Å². The number of rotatable bonds is 4. The van der Waals surface area contributed by atoms with E-state index in [-0.39, 0.29) is 5.91 Å². The SMILES string of the molecule is CC1(C(=O)NC(CO)C(=O)O)CCCS1. The van der Waals surface area contributed by atoms with Gasteiger partial charge in [0, 0.05) is 0 Å². The molecule has 1 aliphatic rings. The lowest BCUT2D eigenvalue weighted by atomic mass is 10.0. The number of aliphatic hydroxyl groups excluding tert-OH is 1. The molecule has 0 bridgehead atoms. The van der Waals surface area contributed by atoms with Crippen molar-refractivity contribution in [2.45, 2.75) is 30.6 Å². The number of carbonyl (C=O) groups is 2. The minimum absolute atomic E-state index is 0.300. The third-order valence-electron chi connectivity index (χ3n) is 2.49. The maximum atomic E-state index is 11.7. The molecule has 6 heteroatoms. The Bertz CT molecular complexity index is 263. The van der Waals surface area contributed by atoms with Crippen LogP contribution in [-0.4, -0.2) is 45.2 Å². The van der Waals surface area contributed by atoms with Gasteiger partial charge in [-0.15, -0.1) is 11.8 Å². The zero-order valence-electron chi connectivity index (χ0n) is 8.52. The summed E-state index contributed by atoms with van der Waals surface area (Å²) in [7, 11) is 0. The second-order valence-corrected chi connectivity index (χ2v) is 5.33. The van der Waals surface area contributed by atoms with Crippen LogP contribution in [0.4, 0.5) is 0 Å². The molecular weight excluding hydrogens is 218 g/mol. The first kappa shape index (κ1) is 12.3. The fourth-order valence-electron chi connectivity index (χ4n) is 1.45. The van der Waals surface area contributed by atoms with E-state index in [9.17, 15) is 9.59 Å². The van der Waals surface area contributed by atoms with Crippen LogP contribution in [0.1, 0.15) is 19.8 Å². The van der Waals surface area contributed by atoms with E-state index in [1.807, 2.05) is 0 Å². The summed E-state index contributed by atoms with van der Waals surface area (Å²) in [6.07, 6.45) is 1.71. The number of aliphatic hydroxyl groups is 1. The lowest BCUT2D eigenvalue weighted by molar-refractivity contribution is -0.143. The Kier molecular flexibility index (Phi) is 3.98. The van der Waals surface area contributed by atoms with Crippen LogP contribution >= 0.6 is 11.8 Å². The molecule has 0 aromatic rings. The highest BCUT2D eigenvalue weighted by Crippen LogP contribution is 2.37. The Balaban J connectivity index is 2.57. The van der Waals surface area contributed by atoms with Crippen molar-refractivity contribution in [3.8, 4) is 0 Å². The number of hydrogen-bond acceptors (Lipinski definition) is 4. The average Bonchev–Trinajstić information content (AvgIpc) is 2.61. The van der Waals surface area contributed by atoms with Gasteiger partial charge in [-0.3, -0.25) is 4.79 Å². The van der Waals surface area contributed by atoms with E-state index in [4.69, 9.17) is 10.2 Å². The van der Waals surface area contributed by atoms with E-state index >= 15 is 0 Å². The summed E-state index contributed by atoms with van der Waals surface area (Å²) in [4.78, 5) is 22.3. The summed E-state index contributed by atoms with van der Waals surface area (Å²) in [6, 6.07) is -1.20. The van der Waals surface area contributed by atoms with E-state index in [0.29, 0.717) is 0 Å². The molecule has 86 valence electrons. The summed E-state index contributed by atoms with van der Waals surface area (Å²) in [5.74, 6) is -0.593. The third kappa shape index (κ3) is 2.85. The van der Waals surface area contributed by atoms with Crippen LogP contribution in [-0.2, 0) is 9.59 Å². The maximum Gasteiger partial charge on any atom is 0.328 e. The van der Waals surface area contributed by atoms with Crippen molar-refractivity contribution in [2.24, 2.45) is 0 Å². The molecule has 1 amide bonds. The maximum absolute atomic E-state index is 11.7. The van der Waals surface area contributed by atoms with Gasteiger partial charge in [0.25, 0.3) is 0 Å². The summed E-state index contributed by atoms with van der Waals surface area (Å²) in [5, 5.41) is 19.8. The molecule has 1 saturated heterocycles. The Morgan fingerprint density at radius 3 is 2.67 bits per heavy atom. The Hall–Kier alpha value is -0.750. The topological polar surface area (TPSA) is 86.6 Å². The number of thioether (sulfide) groups is 1. The van der Waals surface area contributed by atoms with Crippen LogP contribution < -0.4 is 5.32 Å². The van der Waals surface area contributed by atoms with Crippen molar-refractivity contribution in [1.29, 1.82) is 0 Å². The number of carbonyl (C=O) groups excluding carboxylic acids is 1. The molecule has 5 nitrogen and oxygen atoms in total. The normalized spacial score (nSPS) is 27.3. The monoisotopic (exact) mass is 233 g/mol. The van der Waals surface area contributed by atoms with E-state index in [0.717, 1.165) is 18.6 Å². The van der Waals surface area contributed by atoms with Crippen LogP contribution in [0.15, 0.2) is 0 Å². The molecule has 1 aliphatic heterocycles. The van der Waals surface area contributed by atoms with E-state index in [2.05, 4.69) is 5.32 Å². The molecule has 0 aliphatic carbocycles. The third-order valence-corrected chi connectivity index (χ3v) is 4.00. The summed E-state index contributed by atoms with van der Waals surface area (Å²) in [5.41, 5.74) is 0. The Morgan fingerprint density at radius 1 is 1.60 bits per heavy atom. The molecule has 0 saturated carbocycles. The molecule has 2 unspecified atom stereocenters. The van der Waals surface area contributed by atoms with Gasteiger partial charge in [0.1, 0.15) is 6.04 Å². The smallest absolute Gasteiger partial charge is 0.328 e. The van der Waals surface area contributed by atoms with Crippen molar-refractivity contribution in [3.05, 3.63) is 0 Å². The summed E-state index contributed by atoms with van der Waals surface area (Å²) >= 11 is 1.53. The van der Waals surface area contributed by atoms with Gasteiger partial charge >= 0.3 is 5.97 Å². The lowest BCUT2D eigenvalue weighted by Gasteiger charge is -2.23. The first-order chi connectivity index (χ1) is 6.99. The molecule has 3 N–H and O–H groups in total. The lowest BCUT2D eigenvalue weighted by Crippen LogP contribution is -2.50. The molecule has 1 heterocycles. The number of carboxylic acids is 1. The Labute approximate surface area is 92.2 Å². The predicted octanol–water partition coefficient (Wildman–Crippen LogP) is -0.166. The zero-order valence-corrected chi connectivity index (χ0v) is 9.34. The second kappa shape index (κ2) is 4.85. The number of hydrogen-bond donors (Lipinski definition) is 3. The van der Waals surface area contributed by atoms with Crippen molar-refractivity contribution >= 4 is 23.6 Å². The van der Waals surface area contributed by atoms with Crippen LogP contribution in [0.3, 0.4) is 0 Å². The van der Waals surface area contributed by atoms with Gasteiger partial charge in [-0.2, -0.15) is 0 Å². The minimum Gasteiger partial charge on any atom is -0.480 e. The first-order valence-electron chi connectivity index (χ1n) is 4.78. The van der Waals surface area contributed by atoms with Crippen molar-refractivity contribution < 1.29 is 19.8 Å². The average molecular weight is 233 g/mol. The van der Waals surface area contributed by atoms with Crippen molar-refractivity contribution in [2.75, 3.05) is 12.4 Å². The molecule has 0 spiro atoms. The zero-order chi connectivity index (χ0) is 11.5. The highest BCUT2D eigenvalue weighted by atomic mass is 32.2. The quantitative estimate of drug-likeness (QED) is 0.628. The van der Waals surface area contributed by atoms with Crippen LogP contribution in [0, 0.1) is 0 Å². The highest BCUT2D eigenvalue weighted by Gasteiger charge is 2.38. The fraction of sp³-hybridized carbons (Fsp3) is 0.778. The van der Waals surface area contributed by atoms with E-state index < -0.39 is 23.4 Å². The standard InChI is InChI=1S/C9H15NO4S/c1-9(3-2-4-15-9)8(14)10-6(5-11)7(12)13/h6,11H,2-5H2,1H3,(H,10,14)(H,12,13). The summed E-state index contributed by atoms with van der Waals surface area (Å²) < 4.78 is -0.539. The number of nitrogens with one attached hydrogen (secondary N) is 1. The number of aliphatic carboxylic acids is 1. The number of carboxylic acid groups (broad SMARTS) is 1. The van der Waals surface area contributed by atoms with Gasteiger partial charge in [0.05, 0.1) is 11.4 Å². The molecular formula is C9H15NO4S. The first-order valence-corrected chi connectivity index (χ1v) is 5.77. The van der Waals surface area contributed by atoms with Gasteiger partial charge in [0.2, 0.25) is 5.91 Å². The second-order valence-electron chi connectivity index (χ2n) is 3.73. The fourth-order valence-corrected chi connectivity index (χ4v) is 2.67. The molecule has 0 aromatic heterocycles. The Morgan fingerprint density at radius 2 is 2.27 bits per heavy atom. The number of amides is 1. The van der Waals surface area contributed by atoms with Gasteiger partial charge in [-0.25, -0.2) is 4.79 Å². The highest BCUT2D eigenvalue weighted by molar-refractivity contribution is 8.01. The van der Waals surface area contributed by atoms with Crippen LogP contribution in [0.25, 0.3) is 0 Å². The molecule has 0 aromatic carbocycles. The predicted molar refractivity (Wildman–Crippen MR) is 56.7 cm³/mol. The molecule has 0 radical (unpaired) electrons. The van der Waals surface area contributed by atoms with Gasteiger partial charge in [-0.05, 0) is 25.5 Å². The largest absolute Gasteiger partial charge is 0.480 e. The minimum atomic E-state index is -1.21. The van der Waals surface area contributed by atoms with Gasteiger partial charge < -0.3 is 15.5 Å². The van der Waals surface area contributed by atoms with Crippen molar-refractivity contribution in [3.63, 3.8) is 0 Å². The van der Waals surface area contributed by atoms with Crippen LogP contribution in [0.2, 0.25) is 0 Å². The molecule has 15 heavy (non-hydrogen) atoms. The molecule has 1 fully saturated rings.